The van der Waals surface area contributed by atoms with Gasteiger partial charge < -0.3 is 14.8 Å². The lowest BCUT2D eigenvalue weighted by atomic mass is 10.2. The topological polar surface area (TPSA) is 64.9 Å². The molecule has 2 atom stereocenters. The summed E-state index contributed by atoms with van der Waals surface area (Å²) in [4.78, 5) is 17.7. The number of ether oxygens (including phenoxy) is 2. The lowest BCUT2D eigenvalue weighted by molar-refractivity contribution is 0.0401. The van der Waals surface area contributed by atoms with Crippen LogP contribution < -0.4 is 5.32 Å². The minimum atomic E-state index is -0.131. The Morgan fingerprint density at radius 2 is 2.50 bits per heavy atom. The quantitative estimate of drug-likeness (QED) is 0.921. The van der Waals surface area contributed by atoms with Gasteiger partial charge in [-0.05, 0) is 13.8 Å². The monoisotopic (exact) mass is 295 g/mol. The zero-order valence-corrected chi connectivity index (χ0v) is 12.3. The minimum Gasteiger partial charge on any atom is -0.376 e. The van der Waals surface area contributed by atoms with Crippen molar-refractivity contribution in [1.82, 2.24) is 14.7 Å². The Morgan fingerprint density at radius 1 is 1.65 bits per heavy atom. The zero-order chi connectivity index (χ0) is 14.1. The van der Waals surface area contributed by atoms with Gasteiger partial charge in [0.1, 0.15) is 11.8 Å². The van der Waals surface area contributed by atoms with Crippen molar-refractivity contribution in [2.45, 2.75) is 26.0 Å². The summed E-state index contributed by atoms with van der Waals surface area (Å²) < 4.78 is 12.8. The highest BCUT2D eigenvalue weighted by Crippen LogP contribution is 2.18. The number of thiazole rings is 1. The minimum absolute atomic E-state index is 0.0739. The van der Waals surface area contributed by atoms with Gasteiger partial charge in [-0.1, -0.05) is 0 Å². The molecule has 1 amide bonds. The van der Waals surface area contributed by atoms with E-state index < -0.39 is 0 Å². The summed E-state index contributed by atoms with van der Waals surface area (Å²) in [6.07, 6.45) is 1.79. The molecule has 7 heteroatoms. The first kappa shape index (κ1) is 13.5. The van der Waals surface area contributed by atoms with Crippen LogP contribution in [0.4, 0.5) is 0 Å². The van der Waals surface area contributed by atoms with E-state index in [2.05, 4.69) is 10.3 Å². The predicted molar refractivity (Wildman–Crippen MR) is 75.3 cm³/mol. The van der Waals surface area contributed by atoms with Crippen LogP contribution in [-0.4, -0.2) is 47.3 Å². The van der Waals surface area contributed by atoms with Gasteiger partial charge >= 0.3 is 0 Å². The lowest BCUT2D eigenvalue weighted by Gasteiger charge is -2.18. The Balaban J connectivity index is 1.79. The van der Waals surface area contributed by atoms with Crippen molar-refractivity contribution in [2.75, 3.05) is 19.8 Å². The number of carbonyl (C=O) groups excluding carboxylic acids is 1. The highest BCUT2D eigenvalue weighted by molar-refractivity contribution is 7.15. The van der Waals surface area contributed by atoms with Gasteiger partial charge in [0.25, 0.3) is 5.91 Å². The molecule has 1 aliphatic heterocycles. The fraction of sp³-hybridized carbons (Fsp3) is 0.538. The van der Waals surface area contributed by atoms with Crippen LogP contribution in [0, 0.1) is 6.92 Å². The van der Waals surface area contributed by atoms with E-state index in [1.165, 1.54) is 11.3 Å². The zero-order valence-electron chi connectivity index (χ0n) is 11.5. The number of fused-ring (bicyclic) bond motifs is 1. The summed E-state index contributed by atoms with van der Waals surface area (Å²) in [5.41, 5.74) is 1.32. The van der Waals surface area contributed by atoms with Crippen LogP contribution in [-0.2, 0) is 9.47 Å². The molecule has 20 heavy (non-hydrogen) atoms. The SMILES string of the molecule is CCO[C@@H]1COC[C@H]1NC(=O)c1c(C)nc2sccn12. The summed E-state index contributed by atoms with van der Waals surface area (Å²) in [6.45, 7) is 5.41. The van der Waals surface area contributed by atoms with E-state index in [-0.39, 0.29) is 18.1 Å². The fourth-order valence-corrected chi connectivity index (χ4v) is 3.21. The molecule has 6 nitrogen and oxygen atoms in total. The van der Waals surface area contributed by atoms with Gasteiger partial charge in [0.15, 0.2) is 4.96 Å². The predicted octanol–water partition coefficient (Wildman–Crippen LogP) is 1.24. The molecule has 1 saturated heterocycles. The van der Waals surface area contributed by atoms with Crippen molar-refractivity contribution < 1.29 is 14.3 Å². The number of aromatic nitrogens is 2. The molecule has 1 aliphatic rings. The molecule has 0 bridgehead atoms. The van der Waals surface area contributed by atoms with E-state index >= 15 is 0 Å². The molecule has 2 aromatic heterocycles. The second kappa shape index (κ2) is 5.51. The summed E-state index contributed by atoms with van der Waals surface area (Å²) in [6, 6.07) is -0.106. The Labute approximate surface area is 120 Å². The number of rotatable bonds is 4. The molecule has 3 heterocycles. The normalized spacial score (nSPS) is 22.5. The molecule has 0 aliphatic carbocycles. The third-order valence-corrected chi connectivity index (χ3v) is 4.13. The molecule has 2 aromatic rings. The number of hydrogen-bond donors (Lipinski definition) is 1. The largest absolute Gasteiger partial charge is 0.376 e. The maximum atomic E-state index is 12.5. The number of imidazole rings is 1. The Morgan fingerprint density at radius 3 is 3.30 bits per heavy atom. The van der Waals surface area contributed by atoms with E-state index in [0.29, 0.717) is 25.5 Å². The van der Waals surface area contributed by atoms with E-state index in [9.17, 15) is 4.79 Å². The molecule has 3 rings (SSSR count). The van der Waals surface area contributed by atoms with Crippen molar-refractivity contribution in [3.05, 3.63) is 23.0 Å². The van der Waals surface area contributed by atoms with E-state index in [4.69, 9.17) is 9.47 Å². The molecule has 0 spiro atoms. The average molecular weight is 295 g/mol. The van der Waals surface area contributed by atoms with Gasteiger partial charge in [-0.3, -0.25) is 9.20 Å². The average Bonchev–Trinajstić information content (AvgIpc) is 3.06. The molecule has 1 N–H and O–H groups in total. The Hall–Kier alpha value is -1.44. The summed E-state index contributed by atoms with van der Waals surface area (Å²) >= 11 is 1.51. The van der Waals surface area contributed by atoms with Crippen molar-refractivity contribution >= 4 is 22.2 Å². The number of amides is 1. The Kier molecular flexibility index (Phi) is 3.73. The van der Waals surface area contributed by atoms with Crippen LogP contribution in [0.5, 0.6) is 0 Å². The van der Waals surface area contributed by atoms with E-state index in [0.717, 1.165) is 10.7 Å². The highest BCUT2D eigenvalue weighted by atomic mass is 32.1. The smallest absolute Gasteiger partial charge is 0.270 e. The molecule has 108 valence electrons. The molecular formula is C13H17N3O3S. The Bertz CT molecular complexity index is 621. The van der Waals surface area contributed by atoms with Gasteiger partial charge in [0.05, 0.1) is 24.9 Å². The molecular weight excluding hydrogens is 278 g/mol. The molecule has 0 radical (unpaired) electrons. The van der Waals surface area contributed by atoms with Crippen LogP contribution in [0.2, 0.25) is 0 Å². The van der Waals surface area contributed by atoms with Gasteiger partial charge in [0.2, 0.25) is 0 Å². The van der Waals surface area contributed by atoms with Gasteiger partial charge in [-0.25, -0.2) is 4.98 Å². The van der Waals surface area contributed by atoms with Gasteiger partial charge in [-0.2, -0.15) is 0 Å². The van der Waals surface area contributed by atoms with Crippen LogP contribution in [0.15, 0.2) is 11.6 Å². The van der Waals surface area contributed by atoms with Crippen LogP contribution in [0.3, 0.4) is 0 Å². The second-order valence-electron chi connectivity index (χ2n) is 4.71. The number of aryl methyl sites for hydroxylation is 1. The first-order valence-electron chi connectivity index (χ1n) is 6.63. The number of nitrogens with zero attached hydrogens (tertiary/aromatic N) is 2. The van der Waals surface area contributed by atoms with E-state index in [1.54, 1.807) is 0 Å². The number of nitrogens with one attached hydrogen (secondary N) is 1. The van der Waals surface area contributed by atoms with Crippen LogP contribution in [0.1, 0.15) is 23.1 Å². The van der Waals surface area contributed by atoms with Gasteiger partial charge in [-0.15, -0.1) is 11.3 Å². The summed E-state index contributed by atoms with van der Waals surface area (Å²) in [5, 5.41) is 4.91. The van der Waals surface area contributed by atoms with Crippen molar-refractivity contribution in [1.29, 1.82) is 0 Å². The van der Waals surface area contributed by atoms with Gasteiger partial charge in [0, 0.05) is 18.2 Å². The second-order valence-corrected chi connectivity index (χ2v) is 5.59. The molecule has 0 saturated carbocycles. The third kappa shape index (κ3) is 2.32. The maximum absolute atomic E-state index is 12.5. The standard InChI is InChI=1S/C13H17N3O3S/c1-3-19-10-7-18-6-9(10)15-12(17)11-8(2)14-13-16(11)4-5-20-13/h4-5,9-10H,3,6-7H2,1-2H3,(H,15,17)/t9-,10-/m1/s1. The molecule has 0 unspecified atom stereocenters. The van der Waals surface area contributed by atoms with Crippen LogP contribution in [0.25, 0.3) is 4.96 Å². The molecule has 1 fully saturated rings. The third-order valence-electron chi connectivity index (χ3n) is 3.38. The van der Waals surface area contributed by atoms with Crippen molar-refractivity contribution in [3.8, 4) is 0 Å². The van der Waals surface area contributed by atoms with Crippen molar-refractivity contribution in [2.24, 2.45) is 0 Å². The molecule has 0 aromatic carbocycles. The maximum Gasteiger partial charge on any atom is 0.270 e. The first-order valence-corrected chi connectivity index (χ1v) is 7.51. The summed E-state index contributed by atoms with van der Waals surface area (Å²) in [5.74, 6) is -0.131. The number of carbonyl (C=O) groups is 1. The van der Waals surface area contributed by atoms with Crippen LogP contribution >= 0.6 is 11.3 Å². The van der Waals surface area contributed by atoms with E-state index in [1.807, 2.05) is 29.8 Å². The number of hydrogen-bond acceptors (Lipinski definition) is 5. The fourth-order valence-electron chi connectivity index (χ4n) is 2.45. The first-order chi connectivity index (χ1) is 9.70. The lowest BCUT2D eigenvalue weighted by Crippen LogP contribution is -2.44. The van der Waals surface area contributed by atoms with Crippen molar-refractivity contribution in [3.63, 3.8) is 0 Å². The summed E-state index contributed by atoms with van der Waals surface area (Å²) in [7, 11) is 0. The highest BCUT2D eigenvalue weighted by Gasteiger charge is 2.31.